The van der Waals surface area contributed by atoms with E-state index in [-0.39, 0.29) is 22.5 Å². The molecule has 0 aromatic rings. The molecule has 0 atom stereocenters. The molecule has 1 aliphatic rings. The van der Waals surface area contributed by atoms with Gasteiger partial charge in [-0.15, -0.1) is 0 Å². The second-order valence-electron chi connectivity index (χ2n) is 6.51. The highest BCUT2D eigenvalue weighted by Gasteiger charge is 2.39. The minimum absolute atomic E-state index is 0.172. The van der Waals surface area contributed by atoms with Gasteiger partial charge in [0.1, 0.15) is 11.6 Å². The van der Waals surface area contributed by atoms with Gasteiger partial charge in [0.05, 0.1) is 0 Å². The normalized spacial score (nSPS) is 31.2. The summed E-state index contributed by atoms with van der Waals surface area (Å²) in [6, 6.07) is 0. The molecule has 0 unspecified atom stereocenters. The zero-order chi connectivity index (χ0) is 12.6. The maximum Gasteiger partial charge on any atom is 0.141 e. The van der Waals surface area contributed by atoms with Crippen LogP contribution in [0.1, 0.15) is 60.3 Å². The fourth-order valence-corrected chi connectivity index (χ4v) is 2.48. The van der Waals surface area contributed by atoms with Crippen molar-refractivity contribution >= 4 is 11.6 Å². The van der Waals surface area contributed by atoms with Crippen LogP contribution in [0.4, 0.5) is 0 Å². The quantitative estimate of drug-likeness (QED) is 0.720. The third-order valence-electron chi connectivity index (χ3n) is 4.05. The second-order valence-corrected chi connectivity index (χ2v) is 6.51. The number of carbonyl (C=O) groups excluding carboxylic acids is 2. The average Bonchev–Trinajstić information content (AvgIpc) is 2.16. The molecule has 16 heavy (non-hydrogen) atoms. The van der Waals surface area contributed by atoms with Crippen molar-refractivity contribution in [3.63, 3.8) is 0 Å². The van der Waals surface area contributed by atoms with Crippen molar-refractivity contribution in [2.45, 2.75) is 60.3 Å². The van der Waals surface area contributed by atoms with Crippen molar-refractivity contribution in [2.75, 3.05) is 0 Å². The minimum atomic E-state index is -0.241. The first-order valence-corrected chi connectivity index (χ1v) is 6.22. The molecule has 2 heteroatoms. The first-order valence-electron chi connectivity index (χ1n) is 6.22. The van der Waals surface area contributed by atoms with Gasteiger partial charge in [-0.2, -0.15) is 0 Å². The Bertz CT molecular complexity index is 288. The summed E-state index contributed by atoms with van der Waals surface area (Å²) in [7, 11) is 0. The minimum Gasteiger partial charge on any atom is -0.299 e. The van der Waals surface area contributed by atoms with E-state index in [1.165, 1.54) is 0 Å². The van der Waals surface area contributed by atoms with Crippen LogP contribution in [0.25, 0.3) is 0 Å². The number of hydrogen-bond acceptors (Lipinski definition) is 2. The number of rotatable bonds is 2. The largest absolute Gasteiger partial charge is 0.299 e. The summed E-state index contributed by atoms with van der Waals surface area (Å²) in [6.07, 6.45) is 3.50. The Labute approximate surface area is 98.8 Å². The van der Waals surface area contributed by atoms with Crippen molar-refractivity contribution in [3.05, 3.63) is 0 Å². The molecule has 0 saturated heterocycles. The van der Waals surface area contributed by atoms with Crippen LogP contribution in [0, 0.1) is 16.7 Å². The standard InChI is InChI=1S/C14H24O2/c1-10(15)14(5)8-6-11(7-9-14)12(16)13(2,3)4/h11H,6-9H2,1-5H3/t11-,14-. The summed E-state index contributed by atoms with van der Waals surface area (Å²) in [5, 5.41) is 0. The summed E-state index contributed by atoms with van der Waals surface area (Å²) in [5.41, 5.74) is -0.413. The topological polar surface area (TPSA) is 34.1 Å². The molecule has 0 radical (unpaired) electrons. The molecule has 0 aromatic carbocycles. The molecular formula is C14H24O2. The highest BCUT2D eigenvalue weighted by atomic mass is 16.1. The second kappa shape index (κ2) is 4.31. The number of carbonyl (C=O) groups is 2. The van der Waals surface area contributed by atoms with Gasteiger partial charge in [0.15, 0.2) is 0 Å². The molecule has 1 saturated carbocycles. The molecule has 1 aliphatic carbocycles. The Morgan fingerprint density at radius 2 is 1.56 bits per heavy atom. The Morgan fingerprint density at radius 3 is 1.88 bits per heavy atom. The lowest BCUT2D eigenvalue weighted by Gasteiger charge is -2.36. The summed E-state index contributed by atoms with van der Waals surface area (Å²) in [6.45, 7) is 9.65. The lowest BCUT2D eigenvalue weighted by atomic mass is 9.66. The van der Waals surface area contributed by atoms with E-state index in [4.69, 9.17) is 0 Å². The molecule has 0 heterocycles. The van der Waals surface area contributed by atoms with E-state index >= 15 is 0 Å². The SMILES string of the molecule is CC(=O)[C@]1(C)CC[C@@H](C(=O)C(C)(C)C)CC1. The van der Waals surface area contributed by atoms with E-state index in [0.29, 0.717) is 5.78 Å². The molecule has 0 amide bonds. The Morgan fingerprint density at radius 1 is 1.12 bits per heavy atom. The van der Waals surface area contributed by atoms with Crippen LogP contribution < -0.4 is 0 Å². The van der Waals surface area contributed by atoms with E-state index < -0.39 is 0 Å². The van der Waals surface area contributed by atoms with Gasteiger partial charge in [0.25, 0.3) is 0 Å². The van der Waals surface area contributed by atoms with Crippen LogP contribution in [0.2, 0.25) is 0 Å². The van der Waals surface area contributed by atoms with E-state index in [0.717, 1.165) is 25.7 Å². The molecular weight excluding hydrogens is 200 g/mol. The molecule has 1 rings (SSSR count). The van der Waals surface area contributed by atoms with Crippen LogP contribution in [0.5, 0.6) is 0 Å². The molecule has 1 fully saturated rings. The van der Waals surface area contributed by atoms with Gasteiger partial charge in [0, 0.05) is 16.7 Å². The average molecular weight is 224 g/mol. The highest BCUT2D eigenvalue weighted by Crippen LogP contribution is 2.41. The van der Waals surface area contributed by atoms with Crippen molar-refractivity contribution in [1.29, 1.82) is 0 Å². The highest BCUT2D eigenvalue weighted by molar-refractivity contribution is 5.87. The zero-order valence-electron chi connectivity index (χ0n) is 11.2. The molecule has 0 aliphatic heterocycles. The van der Waals surface area contributed by atoms with E-state index in [1.54, 1.807) is 6.92 Å². The molecule has 92 valence electrons. The van der Waals surface area contributed by atoms with Gasteiger partial charge >= 0.3 is 0 Å². The Kier molecular flexibility index (Phi) is 3.61. The maximum absolute atomic E-state index is 12.1. The summed E-state index contributed by atoms with van der Waals surface area (Å²) >= 11 is 0. The number of Topliss-reactive ketones (excluding diaryl/α,β-unsaturated/α-hetero) is 2. The fourth-order valence-electron chi connectivity index (χ4n) is 2.48. The third-order valence-corrected chi connectivity index (χ3v) is 4.05. The van der Waals surface area contributed by atoms with Crippen molar-refractivity contribution in [1.82, 2.24) is 0 Å². The van der Waals surface area contributed by atoms with E-state index in [9.17, 15) is 9.59 Å². The van der Waals surface area contributed by atoms with Gasteiger partial charge in [-0.3, -0.25) is 9.59 Å². The van der Waals surface area contributed by atoms with Crippen LogP contribution >= 0.6 is 0 Å². The smallest absolute Gasteiger partial charge is 0.141 e. The lowest BCUT2D eigenvalue weighted by Crippen LogP contribution is -2.36. The molecule has 0 bridgehead atoms. The van der Waals surface area contributed by atoms with Crippen LogP contribution in [0.15, 0.2) is 0 Å². The predicted octanol–water partition coefficient (Wildman–Crippen LogP) is 3.39. The van der Waals surface area contributed by atoms with E-state index in [2.05, 4.69) is 0 Å². The molecule has 0 aromatic heterocycles. The first kappa shape index (κ1) is 13.4. The van der Waals surface area contributed by atoms with Gasteiger partial charge < -0.3 is 0 Å². The van der Waals surface area contributed by atoms with E-state index in [1.807, 2.05) is 27.7 Å². The van der Waals surface area contributed by atoms with Crippen molar-refractivity contribution in [3.8, 4) is 0 Å². The molecule has 0 N–H and O–H groups in total. The van der Waals surface area contributed by atoms with Crippen molar-refractivity contribution < 1.29 is 9.59 Å². The van der Waals surface area contributed by atoms with Gasteiger partial charge in [-0.25, -0.2) is 0 Å². The van der Waals surface area contributed by atoms with Crippen LogP contribution in [-0.2, 0) is 9.59 Å². The van der Waals surface area contributed by atoms with Crippen molar-refractivity contribution in [2.24, 2.45) is 16.7 Å². The summed E-state index contributed by atoms with van der Waals surface area (Å²) < 4.78 is 0. The Balaban J connectivity index is 2.63. The third kappa shape index (κ3) is 2.72. The van der Waals surface area contributed by atoms with Crippen LogP contribution in [0.3, 0.4) is 0 Å². The number of ketones is 2. The van der Waals surface area contributed by atoms with Gasteiger partial charge in [-0.1, -0.05) is 27.7 Å². The first-order chi connectivity index (χ1) is 7.17. The Hall–Kier alpha value is -0.660. The van der Waals surface area contributed by atoms with Gasteiger partial charge in [0.2, 0.25) is 0 Å². The summed E-state index contributed by atoms with van der Waals surface area (Å²) in [5.74, 6) is 0.805. The predicted molar refractivity (Wildman–Crippen MR) is 65.2 cm³/mol. The molecule has 0 spiro atoms. The lowest BCUT2D eigenvalue weighted by molar-refractivity contribution is -0.135. The maximum atomic E-state index is 12.1. The summed E-state index contributed by atoms with van der Waals surface area (Å²) in [4.78, 5) is 23.6. The molecule has 2 nitrogen and oxygen atoms in total. The number of hydrogen-bond donors (Lipinski definition) is 0. The fraction of sp³-hybridized carbons (Fsp3) is 0.857. The van der Waals surface area contributed by atoms with Crippen LogP contribution in [-0.4, -0.2) is 11.6 Å². The zero-order valence-corrected chi connectivity index (χ0v) is 11.2. The van der Waals surface area contributed by atoms with Gasteiger partial charge in [-0.05, 0) is 32.6 Å². The monoisotopic (exact) mass is 224 g/mol.